The molecule has 2 nitrogen and oxygen atoms in total. The maximum Gasteiger partial charge on any atom is 0.206 e. The van der Waals surface area contributed by atoms with Crippen LogP contribution in [-0.2, 0) is 6.54 Å². The van der Waals surface area contributed by atoms with Crippen LogP contribution in [-0.4, -0.2) is 13.2 Å². The third-order valence-electron chi connectivity index (χ3n) is 2.57. The summed E-state index contributed by atoms with van der Waals surface area (Å²) >= 11 is 1.52. The lowest BCUT2D eigenvalue weighted by Gasteiger charge is -2.10. The molecule has 0 unspecified atom stereocenters. The molecule has 0 fully saturated rings. The number of ether oxygens (including phenoxy) is 1. The zero-order valence-electron chi connectivity index (χ0n) is 10.6. The Labute approximate surface area is 121 Å². The Morgan fingerprint density at radius 2 is 1.57 bits per heavy atom. The molecule has 0 bridgehead atoms. The Balaban J connectivity index is 1.91. The second-order valence-electron chi connectivity index (χ2n) is 4.00. The highest BCUT2D eigenvalue weighted by Gasteiger charge is 2.26. The molecular weight excluding hydrogens is 313 g/mol. The van der Waals surface area contributed by atoms with E-state index in [9.17, 15) is 22.0 Å². The Bertz CT molecular complexity index is 589. The van der Waals surface area contributed by atoms with Gasteiger partial charge in [0, 0.05) is 18.0 Å². The monoisotopic (exact) mass is 323 g/mol. The summed E-state index contributed by atoms with van der Waals surface area (Å²) in [6.45, 7) is 0.485. The normalized spacial score (nSPS) is 10.9. The molecule has 0 saturated heterocycles. The van der Waals surface area contributed by atoms with Crippen molar-refractivity contribution < 1.29 is 26.7 Å². The van der Waals surface area contributed by atoms with Gasteiger partial charge in [0.05, 0.1) is 0 Å². The first-order chi connectivity index (χ1) is 10.0. The molecule has 0 atom stereocenters. The molecule has 0 saturated carbocycles. The lowest BCUT2D eigenvalue weighted by atomic mass is 10.2. The van der Waals surface area contributed by atoms with Gasteiger partial charge in [0.15, 0.2) is 5.75 Å². The van der Waals surface area contributed by atoms with E-state index in [1.54, 1.807) is 0 Å². The van der Waals surface area contributed by atoms with E-state index >= 15 is 0 Å². The zero-order chi connectivity index (χ0) is 15.4. The molecule has 0 amide bonds. The van der Waals surface area contributed by atoms with Crippen molar-refractivity contribution in [2.75, 3.05) is 13.2 Å². The Kier molecular flexibility index (Phi) is 5.13. The van der Waals surface area contributed by atoms with Crippen LogP contribution in [0.3, 0.4) is 0 Å². The topological polar surface area (TPSA) is 21.3 Å². The second-order valence-corrected chi connectivity index (χ2v) is 5.04. The van der Waals surface area contributed by atoms with Gasteiger partial charge in [-0.3, -0.25) is 0 Å². The van der Waals surface area contributed by atoms with Gasteiger partial charge in [-0.05, 0) is 11.4 Å². The predicted molar refractivity (Wildman–Crippen MR) is 67.8 cm³/mol. The van der Waals surface area contributed by atoms with Gasteiger partial charge >= 0.3 is 0 Å². The summed E-state index contributed by atoms with van der Waals surface area (Å²) in [6.07, 6.45) is 0. The quantitative estimate of drug-likeness (QED) is 0.379. The molecular formula is C13H10F5NOS. The van der Waals surface area contributed by atoms with E-state index in [-0.39, 0.29) is 13.2 Å². The minimum Gasteiger partial charge on any atom is -0.486 e. The van der Waals surface area contributed by atoms with Crippen LogP contribution in [0.25, 0.3) is 0 Å². The largest absolute Gasteiger partial charge is 0.486 e. The Morgan fingerprint density at radius 3 is 2.14 bits per heavy atom. The summed E-state index contributed by atoms with van der Waals surface area (Å²) in [4.78, 5) is 1.05. The van der Waals surface area contributed by atoms with Gasteiger partial charge in [-0.15, -0.1) is 11.3 Å². The van der Waals surface area contributed by atoms with Crippen LogP contribution in [0, 0.1) is 29.1 Å². The summed E-state index contributed by atoms with van der Waals surface area (Å²) < 4.78 is 69.8. The number of hydrogen-bond donors (Lipinski definition) is 1. The highest BCUT2D eigenvalue weighted by atomic mass is 32.1. The van der Waals surface area contributed by atoms with Crippen LogP contribution >= 0.6 is 11.3 Å². The van der Waals surface area contributed by atoms with Gasteiger partial charge in [0.1, 0.15) is 6.61 Å². The number of halogens is 5. The van der Waals surface area contributed by atoms with Crippen molar-refractivity contribution in [2.45, 2.75) is 6.54 Å². The third kappa shape index (κ3) is 3.51. The average molecular weight is 323 g/mol. The first-order valence-electron chi connectivity index (χ1n) is 5.89. The molecule has 8 heteroatoms. The van der Waals surface area contributed by atoms with Crippen molar-refractivity contribution in [3.63, 3.8) is 0 Å². The van der Waals surface area contributed by atoms with Gasteiger partial charge in [0.2, 0.25) is 29.1 Å². The van der Waals surface area contributed by atoms with Crippen molar-refractivity contribution in [3.8, 4) is 5.75 Å². The number of benzene rings is 1. The molecule has 21 heavy (non-hydrogen) atoms. The van der Waals surface area contributed by atoms with Crippen molar-refractivity contribution in [1.82, 2.24) is 5.32 Å². The fourth-order valence-corrected chi connectivity index (χ4v) is 2.24. The molecule has 0 radical (unpaired) electrons. The van der Waals surface area contributed by atoms with Gasteiger partial charge in [-0.25, -0.2) is 13.2 Å². The fourth-order valence-electron chi connectivity index (χ4n) is 1.56. The average Bonchev–Trinajstić information content (AvgIpc) is 2.99. The van der Waals surface area contributed by atoms with Crippen LogP contribution in [0.5, 0.6) is 5.75 Å². The van der Waals surface area contributed by atoms with Crippen LogP contribution in [0.1, 0.15) is 4.88 Å². The number of thiophene rings is 1. The summed E-state index contributed by atoms with van der Waals surface area (Å²) in [5, 5.41) is 4.81. The first kappa shape index (κ1) is 15.7. The zero-order valence-corrected chi connectivity index (χ0v) is 11.4. The molecule has 0 aliphatic rings. The van der Waals surface area contributed by atoms with Gasteiger partial charge in [-0.1, -0.05) is 6.07 Å². The second kappa shape index (κ2) is 6.86. The number of rotatable bonds is 6. The minimum absolute atomic E-state index is 0.192. The smallest absolute Gasteiger partial charge is 0.206 e. The van der Waals surface area contributed by atoms with Gasteiger partial charge in [-0.2, -0.15) is 8.78 Å². The Morgan fingerprint density at radius 1 is 0.952 bits per heavy atom. The van der Waals surface area contributed by atoms with E-state index in [4.69, 9.17) is 0 Å². The SMILES string of the molecule is Fc1c(F)c(F)c(OCCNCc2cccs2)c(F)c1F. The van der Waals surface area contributed by atoms with Gasteiger partial charge in [0.25, 0.3) is 0 Å². The van der Waals surface area contributed by atoms with Crippen molar-refractivity contribution >= 4 is 11.3 Å². The number of hydrogen-bond acceptors (Lipinski definition) is 3. The highest BCUT2D eigenvalue weighted by molar-refractivity contribution is 7.09. The maximum absolute atomic E-state index is 13.3. The van der Waals surface area contributed by atoms with Gasteiger partial charge < -0.3 is 10.1 Å². The highest BCUT2D eigenvalue weighted by Crippen LogP contribution is 2.28. The van der Waals surface area contributed by atoms with Crippen molar-refractivity contribution in [1.29, 1.82) is 0 Å². The van der Waals surface area contributed by atoms with Crippen LogP contribution in [0.4, 0.5) is 22.0 Å². The molecule has 0 aliphatic carbocycles. The summed E-state index contributed by atoms with van der Waals surface area (Å²) in [5.74, 6) is -11.4. The lowest BCUT2D eigenvalue weighted by Crippen LogP contribution is -2.21. The molecule has 2 rings (SSSR count). The van der Waals surface area contributed by atoms with E-state index in [0.717, 1.165) is 4.88 Å². The van der Waals surface area contributed by atoms with E-state index in [1.807, 2.05) is 17.5 Å². The van der Waals surface area contributed by atoms with Crippen molar-refractivity contribution in [2.24, 2.45) is 0 Å². The van der Waals surface area contributed by atoms with E-state index in [0.29, 0.717) is 6.54 Å². The number of nitrogens with one attached hydrogen (secondary N) is 1. The standard InChI is InChI=1S/C13H10F5NOS/c14-8-9(15)11(17)13(12(18)10(8)16)20-4-3-19-6-7-2-1-5-21-7/h1-2,5,19H,3-4,6H2. The molecule has 0 aliphatic heterocycles. The molecule has 114 valence electrons. The molecule has 2 aromatic rings. The van der Waals surface area contributed by atoms with Crippen LogP contribution in [0.15, 0.2) is 17.5 Å². The molecule has 1 aromatic carbocycles. The predicted octanol–water partition coefficient (Wildman–Crippen LogP) is 3.61. The molecule has 1 aromatic heterocycles. The maximum atomic E-state index is 13.3. The fraction of sp³-hybridized carbons (Fsp3) is 0.231. The van der Waals surface area contributed by atoms with Crippen molar-refractivity contribution in [3.05, 3.63) is 51.5 Å². The Hall–Kier alpha value is -1.67. The van der Waals surface area contributed by atoms with Crippen LogP contribution in [0.2, 0.25) is 0 Å². The molecule has 1 N–H and O–H groups in total. The summed E-state index contributed by atoms with van der Waals surface area (Å²) in [7, 11) is 0. The van der Waals surface area contributed by atoms with E-state index in [2.05, 4.69) is 10.1 Å². The first-order valence-corrected chi connectivity index (χ1v) is 6.77. The summed E-state index contributed by atoms with van der Waals surface area (Å²) in [6, 6.07) is 3.76. The minimum atomic E-state index is -2.20. The van der Waals surface area contributed by atoms with E-state index in [1.165, 1.54) is 11.3 Å². The van der Waals surface area contributed by atoms with E-state index < -0.39 is 34.8 Å². The summed E-state index contributed by atoms with van der Waals surface area (Å²) in [5.41, 5.74) is 0. The molecule has 0 spiro atoms. The molecule has 1 heterocycles. The lowest BCUT2D eigenvalue weighted by molar-refractivity contribution is 0.261. The third-order valence-corrected chi connectivity index (χ3v) is 3.45. The van der Waals surface area contributed by atoms with Crippen LogP contribution < -0.4 is 10.1 Å².